The Morgan fingerprint density at radius 1 is 1.08 bits per heavy atom. The fourth-order valence-electron chi connectivity index (χ4n) is 8.51. The summed E-state index contributed by atoms with van der Waals surface area (Å²) in [4.78, 5) is 45.7. The highest BCUT2D eigenvalue weighted by atomic mass is 79.9. The number of fused-ring (bicyclic) bond motifs is 1. The fraction of sp³-hybridized carbons (Fsp3) is 0.718. The van der Waals surface area contributed by atoms with Crippen molar-refractivity contribution >= 4 is 33.8 Å². The van der Waals surface area contributed by atoms with Gasteiger partial charge < -0.3 is 33.7 Å². The van der Waals surface area contributed by atoms with E-state index in [1.807, 2.05) is 84.8 Å². The summed E-state index contributed by atoms with van der Waals surface area (Å²) in [6.45, 7) is 15.1. The molecule has 3 aliphatic heterocycles. The Morgan fingerprint density at radius 3 is 2.31 bits per heavy atom. The van der Waals surface area contributed by atoms with Crippen LogP contribution >= 0.6 is 15.9 Å². The highest BCUT2D eigenvalue weighted by molar-refractivity contribution is 9.10. The van der Waals surface area contributed by atoms with Crippen molar-refractivity contribution in [2.75, 3.05) is 27.7 Å². The zero-order chi connectivity index (χ0) is 38.0. The van der Waals surface area contributed by atoms with E-state index in [0.29, 0.717) is 31.4 Å². The molecule has 286 valence electrons. The standard InChI is InChI=1S/C39H59BrN2O9/c1-12-30-39(8)33(42(37(46)51-39)18-17-27-13-15-28(40)16-14-27)26(6)31(43)24(4)21-38(7,47-11)34(22(2)19-23(3)35(45)49-30)50-36-32(44)29(41(9)10)20-25(5)48-36/h13-16,19,22,24-26,29-30,32-34,36,44H,12,17-18,20-21H2,1-11H3/b23-19+/t22-,24+,25+,26-,29-,30+,32+,33+,34+,36-,38-,39+/m0/s1. The third-order valence-corrected chi connectivity index (χ3v) is 11.9. The number of likely N-dealkylation sites (N-methyl/N-ethyl adjacent to an activating group) is 1. The zero-order valence-electron chi connectivity index (χ0n) is 32.2. The molecule has 1 aromatic rings. The Balaban J connectivity index is 1.76. The minimum atomic E-state index is -1.30. The number of ether oxygens (including phenoxy) is 5. The van der Waals surface area contributed by atoms with Crippen molar-refractivity contribution in [3.8, 4) is 0 Å². The number of ketones is 1. The number of carbonyl (C=O) groups excluding carboxylic acids is 3. The van der Waals surface area contributed by atoms with Gasteiger partial charge in [0, 0.05) is 47.5 Å². The van der Waals surface area contributed by atoms with Crippen molar-refractivity contribution in [1.82, 2.24) is 9.80 Å². The van der Waals surface area contributed by atoms with Gasteiger partial charge in [0.05, 0.1) is 23.9 Å². The van der Waals surface area contributed by atoms with Gasteiger partial charge in [0.2, 0.25) is 0 Å². The molecule has 2 saturated heterocycles. The molecule has 0 bridgehead atoms. The number of esters is 1. The van der Waals surface area contributed by atoms with Crippen molar-refractivity contribution in [1.29, 1.82) is 0 Å². The average molecular weight is 780 g/mol. The Hall–Kier alpha value is -2.35. The maximum absolute atomic E-state index is 14.6. The van der Waals surface area contributed by atoms with E-state index in [4.69, 9.17) is 23.7 Å². The molecule has 0 saturated carbocycles. The summed E-state index contributed by atoms with van der Waals surface area (Å²) in [5.41, 5.74) is -0.976. The Bertz CT molecular complexity index is 1420. The first-order valence-electron chi connectivity index (χ1n) is 18.2. The molecule has 3 aliphatic rings. The first-order chi connectivity index (χ1) is 23.9. The largest absolute Gasteiger partial charge is 0.455 e. The number of Topliss-reactive ketones (excluding diaryl/α,β-unsaturated/α-hetero) is 1. The zero-order valence-corrected chi connectivity index (χ0v) is 33.8. The number of halogens is 1. The molecule has 1 amide bonds. The third-order valence-electron chi connectivity index (χ3n) is 11.3. The van der Waals surface area contributed by atoms with Crippen LogP contribution in [-0.2, 0) is 39.7 Å². The van der Waals surface area contributed by atoms with Crippen LogP contribution < -0.4 is 0 Å². The molecule has 51 heavy (non-hydrogen) atoms. The highest BCUT2D eigenvalue weighted by Crippen LogP contribution is 2.43. The number of hydrogen-bond acceptors (Lipinski definition) is 10. The van der Waals surface area contributed by atoms with Crippen LogP contribution in [0.15, 0.2) is 40.4 Å². The molecule has 2 fully saturated rings. The van der Waals surface area contributed by atoms with Gasteiger partial charge in [-0.3, -0.25) is 9.69 Å². The summed E-state index contributed by atoms with van der Waals surface area (Å²) in [7, 11) is 5.41. The molecule has 12 heteroatoms. The van der Waals surface area contributed by atoms with Crippen LogP contribution in [0.25, 0.3) is 0 Å². The maximum Gasteiger partial charge on any atom is 0.410 e. The van der Waals surface area contributed by atoms with Crippen molar-refractivity contribution in [3.63, 3.8) is 0 Å². The average Bonchev–Trinajstić information content (AvgIpc) is 3.34. The van der Waals surface area contributed by atoms with Crippen LogP contribution in [0.1, 0.15) is 80.2 Å². The van der Waals surface area contributed by atoms with Crippen LogP contribution in [-0.4, -0.2) is 114 Å². The van der Waals surface area contributed by atoms with E-state index in [9.17, 15) is 19.5 Å². The highest BCUT2D eigenvalue weighted by Gasteiger charge is 2.60. The molecular formula is C39H59BrN2O9. The van der Waals surface area contributed by atoms with E-state index in [1.165, 1.54) is 0 Å². The number of amides is 1. The van der Waals surface area contributed by atoms with E-state index in [0.717, 1.165) is 10.0 Å². The lowest BCUT2D eigenvalue weighted by Crippen LogP contribution is -2.59. The Kier molecular flexibility index (Phi) is 13.6. The van der Waals surface area contributed by atoms with Crippen LogP contribution in [0.5, 0.6) is 0 Å². The molecule has 0 unspecified atom stereocenters. The van der Waals surface area contributed by atoms with Gasteiger partial charge in [0.25, 0.3) is 0 Å². The summed E-state index contributed by atoms with van der Waals surface area (Å²) in [6.07, 6.45) is -0.608. The molecule has 0 aromatic heterocycles. The number of benzene rings is 1. The van der Waals surface area contributed by atoms with Crippen molar-refractivity contribution < 1.29 is 43.2 Å². The molecule has 1 N–H and O–H groups in total. The fourth-order valence-corrected chi connectivity index (χ4v) is 8.78. The minimum absolute atomic E-state index is 0.0759. The van der Waals surface area contributed by atoms with E-state index in [2.05, 4.69) is 15.9 Å². The van der Waals surface area contributed by atoms with E-state index < -0.39 is 71.7 Å². The number of methoxy groups -OCH3 is 1. The van der Waals surface area contributed by atoms with Crippen molar-refractivity contribution in [2.24, 2.45) is 17.8 Å². The SMILES string of the molecule is CC[C@H]1OC(=O)/C(C)=C/[C@H](C)[C@@H](O[C@@H]2O[C@H](C)C[C@H](N(C)C)[C@H]2O)[C@@](C)(OC)C[C@@H](C)C(=O)[C@H](C)[C@H]2N(CCc3ccc(Br)cc3)C(=O)O[C@]12C. The first kappa shape index (κ1) is 41.4. The second kappa shape index (κ2) is 16.8. The maximum atomic E-state index is 14.6. The predicted molar refractivity (Wildman–Crippen MR) is 197 cm³/mol. The third kappa shape index (κ3) is 8.90. The number of hydrogen-bond donors (Lipinski definition) is 1. The van der Waals surface area contributed by atoms with Crippen LogP contribution in [0.4, 0.5) is 4.79 Å². The van der Waals surface area contributed by atoms with E-state index in [1.54, 1.807) is 31.9 Å². The van der Waals surface area contributed by atoms with Crippen molar-refractivity contribution in [3.05, 3.63) is 46.0 Å². The van der Waals surface area contributed by atoms with Crippen LogP contribution in [0.2, 0.25) is 0 Å². The molecule has 3 heterocycles. The Morgan fingerprint density at radius 2 is 1.73 bits per heavy atom. The lowest BCUT2D eigenvalue weighted by Gasteiger charge is -2.47. The number of aliphatic hydroxyl groups excluding tert-OH is 1. The summed E-state index contributed by atoms with van der Waals surface area (Å²) >= 11 is 3.47. The molecule has 0 spiro atoms. The summed E-state index contributed by atoms with van der Waals surface area (Å²) < 4.78 is 32.4. The van der Waals surface area contributed by atoms with E-state index >= 15 is 0 Å². The second-order valence-corrected chi connectivity index (χ2v) is 16.4. The summed E-state index contributed by atoms with van der Waals surface area (Å²) in [6, 6.07) is 6.97. The number of aliphatic hydroxyl groups is 1. The second-order valence-electron chi connectivity index (χ2n) is 15.5. The quantitative estimate of drug-likeness (QED) is 0.318. The number of nitrogens with zero attached hydrogens (tertiary/aromatic N) is 2. The normalized spacial score (nSPS) is 39.5. The van der Waals surface area contributed by atoms with Gasteiger partial charge in [-0.15, -0.1) is 0 Å². The minimum Gasteiger partial charge on any atom is -0.455 e. The van der Waals surface area contributed by atoms with Gasteiger partial charge in [0.1, 0.15) is 18.0 Å². The van der Waals surface area contributed by atoms with Gasteiger partial charge in [-0.25, -0.2) is 9.59 Å². The van der Waals surface area contributed by atoms with Gasteiger partial charge in [-0.1, -0.05) is 61.8 Å². The molecule has 0 aliphatic carbocycles. The first-order valence-corrected chi connectivity index (χ1v) is 19.0. The van der Waals surface area contributed by atoms with Crippen LogP contribution in [0, 0.1) is 17.8 Å². The Labute approximate surface area is 312 Å². The topological polar surface area (TPSA) is 124 Å². The van der Waals surface area contributed by atoms with Crippen molar-refractivity contribution in [2.45, 2.75) is 135 Å². The lowest BCUT2D eigenvalue weighted by molar-refractivity contribution is -0.294. The summed E-state index contributed by atoms with van der Waals surface area (Å²) in [5, 5.41) is 11.4. The van der Waals surface area contributed by atoms with Gasteiger partial charge in [-0.2, -0.15) is 0 Å². The molecule has 12 atom stereocenters. The van der Waals surface area contributed by atoms with Crippen LogP contribution in [0.3, 0.4) is 0 Å². The molecule has 0 radical (unpaired) electrons. The van der Waals surface area contributed by atoms with Gasteiger partial charge >= 0.3 is 12.1 Å². The molecule has 1 aromatic carbocycles. The number of cyclic esters (lactones) is 1. The lowest BCUT2D eigenvalue weighted by atomic mass is 9.74. The smallest absolute Gasteiger partial charge is 0.410 e. The predicted octanol–water partition coefficient (Wildman–Crippen LogP) is 5.94. The van der Waals surface area contributed by atoms with Gasteiger partial charge in [-0.05, 0) is 85.2 Å². The number of carbonyl (C=O) groups is 3. The van der Waals surface area contributed by atoms with Gasteiger partial charge in [0.15, 0.2) is 11.9 Å². The van der Waals surface area contributed by atoms with E-state index in [-0.39, 0.29) is 24.3 Å². The molecule has 11 nitrogen and oxygen atoms in total. The number of rotatable bonds is 8. The molecule has 4 rings (SSSR count). The molecular weight excluding hydrogens is 720 g/mol. The summed E-state index contributed by atoms with van der Waals surface area (Å²) in [5.74, 6) is -2.28. The monoisotopic (exact) mass is 778 g/mol.